The fourth-order valence-electron chi connectivity index (χ4n) is 1.90. The normalized spacial score (nSPS) is 11.2. The van der Waals surface area contributed by atoms with Crippen LogP contribution in [-0.2, 0) is 6.42 Å². The van der Waals surface area contributed by atoms with Gasteiger partial charge < -0.3 is 19.9 Å². The maximum absolute atomic E-state index is 5.83. The minimum Gasteiger partial charge on any atom is -0.493 e. The molecular weight excluding hydrogens is 254 g/mol. The van der Waals surface area contributed by atoms with Crippen LogP contribution in [0.1, 0.15) is 25.8 Å². The molecule has 0 saturated carbocycles. The van der Waals surface area contributed by atoms with Gasteiger partial charge in [0.1, 0.15) is 0 Å². The molecule has 0 aliphatic rings. The monoisotopic (exact) mass is 277 g/mol. The fraction of sp³-hybridized carbons (Fsp3) is 0.500. The maximum atomic E-state index is 5.83. The average Bonchev–Trinajstić information content (AvgIpc) is 2.43. The number of benzene rings is 1. The van der Waals surface area contributed by atoms with Gasteiger partial charge in [-0.15, -0.1) is 11.8 Å². The standard InChI is InChI=1S/C16H23NO3/c1-5-6-7-8-20-16-14(18-3)10-13(9-12(2)17)11-15(16)19-4/h10-12H,7-9,17H2,1-4H3. The molecule has 1 aromatic rings. The predicted molar refractivity (Wildman–Crippen MR) is 80.5 cm³/mol. The van der Waals surface area contributed by atoms with E-state index < -0.39 is 0 Å². The smallest absolute Gasteiger partial charge is 0.203 e. The van der Waals surface area contributed by atoms with Crippen LogP contribution in [0.2, 0.25) is 0 Å². The predicted octanol–water partition coefficient (Wildman–Crippen LogP) is 2.39. The van der Waals surface area contributed by atoms with Crippen LogP contribution in [0.3, 0.4) is 0 Å². The minimum absolute atomic E-state index is 0.0796. The first-order chi connectivity index (χ1) is 9.62. The van der Waals surface area contributed by atoms with Gasteiger partial charge in [0, 0.05) is 12.5 Å². The van der Waals surface area contributed by atoms with Crippen molar-refractivity contribution in [2.45, 2.75) is 32.7 Å². The summed E-state index contributed by atoms with van der Waals surface area (Å²) in [4.78, 5) is 0. The zero-order valence-corrected chi connectivity index (χ0v) is 12.7. The van der Waals surface area contributed by atoms with Crippen molar-refractivity contribution in [1.82, 2.24) is 0 Å². The number of nitrogens with two attached hydrogens (primary N) is 1. The summed E-state index contributed by atoms with van der Waals surface area (Å²) in [6.45, 7) is 4.27. The molecule has 110 valence electrons. The van der Waals surface area contributed by atoms with E-state index in [1.54, 1.807) is 14.2 Å². The maximum Gasteiger partial charge on any atom is 0.203 e. The zero-order valence-electron chi connectivity index (χ0n) is 12.7. The highest BCUT2D eigenvalue weighted by Crippen LogP contribution is 2.38. The third kappa shape index (κ3) is 4.67. The number of ether oxygens (including phenoxy) is 3. The van der Waals surface area contributed by atoms with E-state index in [1.807, 2.05) is 26.0 Å². The Kier molecular flexibility index (Phi) is 6.75. The molecule has 0 saturated heterocycles. The van der Waals surface area contributed by atoms with Gasteiger partial charge in [-0.25, -0.2) is 0 Å². The van der Waals surface area contributed by atoms with Crippen LogP contribution in [0.25, 0.3) is 0 Å². The molecule has 2 N–H and O–H groups in total. The Balaban J connectivity index is 2.97. The molecule has 0 radical (unpaired) electrons. The van der Waals surface area contributed by atoms with Gasteiger partial charge >= 0.3 is 0 Å². The van der Waals surface area contributed by atoms with Gasteiger partial charge in [0.2, 0.25) is 5.75 Å². The summed E-state index contributed by atoms with van der Waals surface area (Å²) in [5, 5.41) is 0. The summed E-state index contributed by atoms with van der Waals surface area (Å²) < 4.78 is 16.5. The van der Waals surface area contributed by atoms with Gasteiger partial charge in [-0.05, 0) is 38.0 Å². The van der Waals surface area contributed by atoms with Crippen molar-refractivity contribution in [2.75, 3.05) is 20.8 Å². The largest absolute Gasteiger partial charge is 0.493 e. The Hall–Kier alpha value is -1.86. The molecule has 1 atom stereocenters. The molecule has 4 heteroatoms. The number of hydrogen-bond donors (Lipinski definition) is 1. The van der Waals surface area contributed by atoms with E-state index >= 15 is 0 Å². The van der Waals surface area contributed by atoms with E-state index in [1.165, 1.54) is 0 Å². The highest BCUT2D eigenvalue weighted by molar-refractivity contribution is 5.54. The molecule has 20 heavy (non-hydrogen) atoms. The highest BCUT2D eigenvalue weighted by Gasteiger charge is 2.14. The number of hydrogen-bond acceptors (Lipinski definition) is 4. The quantitative estimate of drug-likeness (QED) is 0.614. The summed E-state index contributed by atoms with van der Waals surface area (Å²) in [5.41, 5.74) is 6.90. The topological polar surface area (TPSA) is 53.7 Å². The molecule has 0 amide bonds. The van der Waals surface area contributed by atoms with E-state index in [0.717, 1.165) is 12.0 Å². The summed E-state index contributed by atoms with van der Waals surface area (Å²) in [7, 11) is 3.23. The van der Waals surface area contributed by atoms with E-state index in [4.69, 9.17) is 19.9 Å². The molecule has 0 fully saturated rings. The van der Waals surface area contributed by atoms with E-state index in [0.29, 0.717) is 30.3 Å². The van der Waals surface area contributed by atoms with Crippen LogP contribution in [-0.4, -0.2) is 26.9 Å². The van der Waals surface area contributed by atoms with Gasteiger partial charge in [-0.2, -0.15) is 0 Å². The second-order valence-electron chi connectivity index (χ2n) is 4.54. The van der Waals surface area contributed by atoms with Gasteiger partial charge in [0.15, 0.2) is 11.5 Å². The fourth-order valence-corrected chi connectivity index (χ4v) is 1.90. The third-order valence-corrected chi connectivity index (χ3v) is 2.73. The third-order valence-electron chi connectivity index (χ3n) is 2.73. The van der Waals surface area contributed by atoms with Gasteiger partial charge in [-0.1, -0.05) is 0 Å². The van der Waals surface area contributed by atoms with Crippen LogP contribution in [0.15, 0.2) is 12.1 Å². The van der Waals surface area contributed by atoms with Crippen molar-refractivity contribution in [3.8, 4) is 29.1 Å². The summed E-state index contributed by atoms with van der Waals surface area (Å²) in [6.07, 6.45) is 1.43. The molecule has 1 aromatic carbocycles. The van der Waals surface area contributed by atoms with Crippen molar-refractivity contribution in [2.24, 2.45) is 5.73 Å². The first-order valence-corrected chi connectivity index (χ1v) is 6.65. The molecule has 0 heterocycles. The Morgan fingerprint density at radius 1 is 1.20 bits per heavy atom. The van der Waals surface area contributed by atoms with E-state index in [9.17, 15) is 0 Å². The van der Waals surface area contributed by atoms with Gasteiger partial charge in [-0.3, -0.25) is 0 Å². The molecule has 0 aliphatic heterocycles. The van der Waals surface area contributed by atoms with Crippen LogP contribution >= 0.6 is 0 Å². The zero-order chi connectivity index (χ0) is 15.0. The summed E-state index contributed by atoms with van der Waals surface area (Å²) in [6, 6.07) is 3.95. The first-order valence-electron chi connectivity index (χ1n) is 6.65. The molecule has 0 aromatic heterocycles. The Bertz CT molecular complexity index is 461. The first kappa shape index (κ1) is 16.2. The van der Waals surface area contributed by atoms with Crippen molar-refractivity contribution < 1.29 is 14.2 Å². The second kappa shape index (κ2) is 8.34. The average molecular weight is 277 g/mol. The van der Waals surface area contributed by atoms with Crippen molar-refractivity contribution in [3.63, 3.8) is 0 Å². The lowest BCUT2D eigenvalue weighted by Gasteiger charge is -2.16. The van der Waals surface area contributed by atoms with Crippen molar-refractivity contribution in [1.29, 1.82) is 0 Å². The molecule has 0 bridgehead atoms. The Morgan fingerprint density at radius 2 is 1.80 bits per heavy atom. The molecule has 0 spiro atoms. The van der Waals surface area contributed by atoms with Crippen molar-refractivity contribution in [3.05, 3.63) is 17.7 Å². The number of methoxy groups -OCH3 is 2. The van der Waals surface area contributed by atoms with Crippen LogP contribution in [0, 0.1) is 11.8 Å². The number of rotatable bonds is 7. The Morgan fingerprint density at radius 3 is 2.25 bits per heavy atom. The molecule has 1 unspecified atom stereocenters. The van der Waals surface area contributed by atoms with E-state index in [2.05, 4.69) is 11.8 Å². The summed E-state index contributed by atoms with van der Waals surface area (Å²) in [5.74, 6) is 7.72. The SMILES string of the molecule is CC#CCCOc1c(OC)cc(CC(C)N)cc1OC. The van der Waals surface area contributed by atoms with E-state index in [-0.39, 0.29) is 6.04 Å². The highest BCUT2D eigenvalue weighted by atomic mass is 16.5. The van der Waals surface area contributed by atoms with Gasteiger partial charge in [0.05, 0.1) is 20.8 Å². The molecule has 4 nitrogen and oxygen atoms in total. The summed E-state index contributed by atoms with van der Waals surface area (Å²) >= 11 is 0. The Labute approximate surface area is 121 Å². The lowest BCUT2D eigenvalue weighted by molar-refractivity contribution is 0.280. The van der Waals surface area contributed by atoms with Crippen molar-refractivity contribution >= 4 is 0 Å². The molecular formula is C16H23NO3. The van der Waals surface area contributed by atoms with Crippen LogP contribution in [0.5, 0.6) is 17.2 Å². The lowest BCUT2D eigenvalue weighted by Crippen LogP contribution is -2.17. The molecule has 1 rings (SSSR count). The minimum atomic E-state index is 0.0796. The second-order valence-corrected chi connectivity index (χ2v) is 4.54. The molecule has 0 aliphatic carbocycles. The van der Waals surface area contributed by atoms with Gasteiger partial charge in [0.25, 0.3) is 0 Å². The van der Waals surface area contributed by atoms with Crippen LogP contribution in [0.4, 0.5) is 0 Å². The lowest BCUT2D eigenvalue weighted by atomic mass is 10.1. The van der Waals surface area contributed by atoms with Crippen LogP contribution < -0.4 is 19.9 Å².